The number of hydrogen-bond acceptors (Lipinski definition) is 6. The number of carbonyl (C=O) groups excluding carboxylic acids is 1. The molecule has 0 unspecified atom stereocenters. The average Bonchev–Trinajstić information content (AvgIpc) is 3.03. The Hall–Kier alpha value is -3.43. The highest BCUT2D eigenvalue weighted by Gasteiger charge is 2.44. The molecule has 1 aliphatic carbocycles. The van der Waals surface area contributed by atoms with Crippen LogP contribution in [0.15, 0.2) is 34.0 Å². The van der Waals surface area contributed by atoms with E-state index in [2.05, 4.69) is 9.97 Å². The topological polar surface area (TPSA) is 151 Å². The number of nitrogens with zero attached hydrogens (tertiary/aromatic N) is 3. The highest BCUT2D eigenvalue weighted by atomic mass is 16.3. The van der Waals surface area contributed by atoms with Gasteiger partial charge in [0, 0.05) is 36.3 Å². The van der Waals surface area contributed by atoms with Gasteiger partial charge in [0.1, 0.15) is 6.54 Å². The zero-order valence-corrected chi connectivity index (χ0v) is 15.8. The normalized spacial score (nSPS) is 16.6. The maximum atomic E-state index is 12.6. The fourth-order valence-electron chi connectivity index (χ4n) is 4.18. The maximum absolute atomic E-state index is 12.6. The number of carbonyl (C=O) groups is 2. The van der Waals surface area contributed by atoms with Crippen molar-refractivity contribution in [2.75, 3.05) is 18.8 Å². The molecule has 1 saturated heterocycles. The first-order chi connectivity index (χ1) is 13.9. The van der Waals surface area contributed by atoms with E-state index in [1.165, 1.54) is 10.6 Å². The van der Waals surface area contributed by atoms with Crippen molar-refractivity contribution >= 4 is 18.3 Å². The van der Waals surface area contributed by atoms with Gasteiger partial charge < -0.3 is 20.3 Å². The number of pyridine rings is 1. The zero-order valence-electron chi connectivity index (χ0n) is 15.8. The minimum absolute atomic E-state index is 0.0497. The van der Waals surface area contributed by atoms with Crippen LogP contribution in [0.4, 0.5) is 5.95 Å². The van der Waals surface area contributed by atoms with Gasteiger partial charge in [-0.2, -0.15) is 0 Å². The van der Waals surface area contributed by atoms with Crippen molar-refractivity contribution in [1.82, 2.24) is 19.4 Å². The van der Waals surface area contributed by atoms with Crippen LogP contribution in [0, 0.1) is 0 Å². The lowest BCUT2D eigenvalue weighted by Crippen LogP contribution is -2.46. The monoisotopic (exact) mass is 401 g/mol. The Kier molecular flexibility index (Phi) is 5.81. The molecule has 0 bridgehead atoms. The van der Waals surface area contributed by atoms with E-state index < -0.39 is 0 Å². The number of anilines is 1. The standard InChI is InChI=1S/C18H21N5O3.CH2O2/c19-17-20-15-12(16(26)21-17)4-5-18(15)6-9-22(10-7-18)14(25)11-23-8-2-1-3-13(23)24;2-1-3/h1-3,8H,4-7,9-11H2,(H3,19,20,21,26);1H,(H,2,3). The molecule has 0 atom stereocenters. The zero-order chi connectivity index (χ0) is 21.0. The molecule has 0 aromatic carbocycles. The molecular weight excluding hydrogens is 378 g/mol. The first-order valence-electron chi connectivity index (χ1n) is 9.30. The van der Waals surface area contributed by atoms with Crippen LogP contribution in [0.5, 0.6) is 0 Å². The summed E-state index contributed by atoms with van der Waals surface area (Å²) in [5.41, 5.74) is 6.78. The summed E-state index contributed by atoms with van der Waals surface area (Å²) in [4.78, 5) is 53.6. The lowest BCUT2D eigenvalue weighted by molar-refractivity contribution is -0.133. The number of H-pyrrole nitrogens is 1. The van der Waals surface area contributed by atoms with E-state index >= 15 is 0 Å². The highest BCUT2D eigenvalue weighted by Crippen LogP contribution is 2.44. The van der Waals surface area contributed by atoms with Gasteiger partial charge in [-0.05, 0) is 31.7 Å². The van der Waals surface area contributed by atoms with Gasteiger partial charge in [0.2, 0.25) is 11.9 Å². The van der Waals surface area contributed by atoms with Crippen molar-refractivity contribution in [3.05, 3.63) is 56.4 Å². The van der Waals surface area contributed by atoms with Gasteiger partial charge in [-0.1, -0.05) is 6.07 Å². The number of piperidine rings is 1. The molecule has 29 heavy (non-hydrogen) atoms. The fraction of sp³-hybridized carbons (Fsp3) is 0.421. The number of likely N-dealkylation sites (tertiary alicyclic amines) is 1. The predicted molar refractivity (Wildman–Crippen MR) is 104 cm³/mol. The molecule has 1 spiro atoms. The Labute approximate surface area is 166 Å². The van der Waals surface area contributed by atoms with E-state index in [0.717, 1.165) is 30.5 Å². The second-order valence-electron chi connectivity index (χ2n) is 7.21. The molecule has 1 fully saturated rings. The van der Waals surface area contributed by atoms with Crippen molar-refractivity contribution < 1.29 is 14.7 Å². The predicted octanol–water partition coefficient (Wildman–Crippen LogP) is -0.279. The van der Waals surface area contributed by atoms with Crippen molar-refractivity contribution in [1.29, 1.82) is 0 Å². The molecule has 2 aromatic heterocycles. The summed E-state index contributed by atoms with van der Waals surface area (Å²) in [5.74, 6) is 0.0849. The minimum atomic E-state index is -0.250. The molecule has 10 nitrogen and oxygen atoms in total. The Morgan fingerprint density at radius 2 is 1.97 bits per heavy atom. The van der Waals surface area contributed by atoms with E-state index in [9.17, 15) is 14.4 Å². The summed E-state index contributed by atoms with van der Waals surface area (Å²) in [6.07, 6.45) is 4.70. The Morgan fingerprint density at radius 3 is 2.62 bits per heavy atom. The van der Waals surface area contributed by atoms with Crippen LogP contribution in [0.2, 0.25) is 0 Å². The van der Waals surface area contributed by atoms with Crippen molar-refractivity contribution in [2.45, 2.75) is 37.6 Å². The largest absolute Gasteiger partial charge is 0.483 e. The molecule has 154 valence electrons. The Balaban J connectivity index is 0.000000755. The number of aromatic amines is 1. The van der Waals surface area contributed by atoms with E-state index in [0.29, 0.717) is 19.5 Å². The van der Waals surface area contributed by atoms with Crippen LogP contribution < -0.4 is 16.9 Å². The molecular formula is C19H23N5O5. The van der Waals surface area contributed by atoms with Gasteiger partial charge in [0.25, 0.3) is 17.6 Å². The van der Waals surface area contributed by atoms with Crippen LogP contribution in [0.25, 0.3) is 0 Å². The lowest BCUT2D eigenvalue weighted by Gasteiger charge is -2.39. The third-order valence-corrected chi connectivity index (χ3v) is 5.67. The summed E-state index contributed by atoms with van der Waals surface area (Å²) in [7, 11) is 0. The summed E-state index contributed by atoms with van der Waals surface area (Å²) in [6.45, 7) is 0.983. The minimum Gasteiger partial charge on any atom is -0.483 e. The molecule has 4 N–H and O–H groups in total. The smallest absolute Gasteiger partial charge is 0.290 e. The van der Waals surface area contributed by atoms with E-state index in [1.54, 1.807) is 23.2 Å². The summed E-state index contributed by atoms with van der Waals surface area (Å²) in [6, 6.07) is 4.84. The van der Waals surface area contributed by atoms with Crippen molar-refractivity contribution in [3.8, 4) is 0 Å². The number of rotatable bonds is 2. The summed E-state index contributed by atoms with van der Waals surface area (Å²) < 4.78 is 1.42. The Bertz CT molecular complexity index is 1020. The van der Waals surface area contributed by atoms with Gasteiger partial charge in [-0.25, -0.2) is 4.98 Å². The molecule has 1 amide bonds. The third-order valence-electron chi connectivity index (χ3n) is 5.67. The van der Waals surface area contributed by atoms with Gasteiger partial charge in [0.15, 0.2) is 0 Å². The van der Waals surface area contributed by atoms with Crippen LogP contribution >= 0.6 is 0 Å². The first-order valence-corrected chi connectivity index (χ1v) is 9.30. The number of carboxylic acid groups (broad SMARTS) is 1. The number of amides is 1. The average molecular weight is 401 g/mol. The lowest BCUT2D eigenvalue weighted by atomic mass is 9.76. The van der Waals surface area contributed by atoms with Crippen LogP contribution in [0.1, 0.15) is 30.5 Å². The Morgan fingerprint density at radius 1 is 1.28 bits per heavy atom. The second kappa shape index (κ2) is 8.29. The molecule has 2 aliphatic rings. The number of aromatic nitrogens is 3. The van der Waals surface area contributed by atoms with Crippen LogP contribution in [-0.4, -0.2) is 50.0 Å². The molecule has 0 saturated carbocycles. The molecule has 3 heterocycles. The molecule has 10 heteroatoms. The molecule has 4 rings (SSSR count). The number of nitrogens with one attached hydrogen (secondary N) is 1. The second-order valence-corrected chi connectivity index (χ2v) is 7.21. The summed E-state index contributed by atoms with van der Waals surface area (Å²) in [5, 5.41) is 6.89. The molecule has 0 radical (unpaired) electrons. The highest BCUT2D eigenvalue weighted by molar-refractivity contribution is 5.76. The third kappa shape index (κ3) is 4.05. The van der Waals surface area contributed by atoms with Gasteiger partial charge in [-0.15, -0.1) is 0 Å². The number of nitrogen functional groups attached to an aromatic ring is 1. The number of hydrogen-bond donors (Lipinski definition) is 3. The van der Waals surface area contributed by atoms with Gasteiger partial charge in [0.05, 0.1) is 5.69 Å². The van der Waals surface area contributed by atoms with E-state index in [1.807, 2.05) is 0 Å². The van der Waals surface area contributed by atoms with Gasteiger partial charge >= 0.3 is 0 Å². The number of fused-ring (bicyclic) bond motifs is 2. The molecule has 2 aromatic rings. The van der Waals surface area contributed by atoms with E-state index in [4.69, 9.17) is 15.6 Å². The maximum Gasteiger partial charge on any atom is 0.290 e. The number of nitrogens with two attached hydrogens (primary N) is 1. The quantitative estimate of drug-likeness (QED) is 0.585. The van der Waals surface area contributed by atoms with Crippen LogP contribution in [-0.2, 0) is 28.0 Å². The van der Waals surface area contributed by atoms with E-state index in [-0.39, 0.29) is 41.4 Å². The van der Waals surface area contributed by atoms with Crippen LogP contribution in [0.3, 0.4) is 0 Å². The first kappa shape index (κ1) is 20.3. The van der Waals surface area contributed by atoms with Crippen molar-refractivity contribution in [2.24, 2.45) is 0 Å². The summed E-state index contributed by atoms with van der Waals surface area (Å²) >= 11 is 0. The fourth-order valence-corrected chi connectivity index (χ4v) is 4.18. The molecule has 1 aliphatic heterocycles. The van der Waals surface area contributed by atoms with Gasteiger partial charge in [-0.3, -0.25) is 24.2 Å². The SMILES string of the molecule is Nc1nc2c(c(=O)[nH]1)CCC21CCN(C(=O)Cn2ccccc2=O)CC1.O=CO. The van der Waals surface area contributed by atoms with Crippen molar-refractivity contribution in [3.63, 3.8) is 0 Å².